The minimum atomic E-state index is -0.0639. The van der Waals surface area contributed by atoms with Gasteiger partial charge >= 0.3 is 0 Å². The molecule has 0 saturated carbocycles. The van der Waals surface area contributed by atoms with Crippen LogP contribution in [0.25, 0.3) is 0 Å². The summed E-state index contributed by atoms with van der Waals surface area (Å²) in [6.07, 6.45) is 1.14. The molecule has 0 aromatic heterocycles. The molecule has 1 fully saturated rings. The predicted octanol–water partition coefficient (Wildman–Crippen LogP) is 2.28. The summed E-state index contributed by atoms with van der Waals surface area (Å²) >= 11 is 0. The van der Waals surface area contributed by atoms with Gasteiger partial charge in [0.05, 0.1) is 11.6 Å². The summed E-state index contributed by atoms with van der Waals surface area (Å²) in [7, 11) is 0. The third kappa shape index (κ3) is 1.83. The van der Waals surface area contributed by atoms with Crippen molar-refractivity contribution < 1.29 is 9.47 Å². The van der Waals surface area contributed by atoms with E-state index in [1.807, 2.05) is 18.2 Å². The molecule has 1 N–H and O–H groups in total. The number of fused-ring (bicyclic) bond motifs is 3. The van der Waals surface area contributed by atoms with Crippen LogP contribution in [-0.2, 0) is 4.74 Å². The van der Waals surface area contributed by atoms with Crippen LogP contribution in [0.5, 0.6) is 5.75 Å². The first-order chi connectivity index (χ1) is 8.22. The second-order valence-electron chi connectivity index (χ2n) is 5.18. The minimum absolute atomic E-state index is 0.0639. The van der Waals surface area contributed by atoms with Gasteiger partial charge in [-0.15, -0.1) is 0 Å². The third-order valence-corrected chi connectivity index (χ3v) is 3.91. The van der Waals surface area contributed by atoms with Crippen molar-refractivity contribution in [1.82, 2.24) is 5.32 Å². The molecule has 17 heavy (non-hydrogen) atoms. The average molecular weight is 233 g/mol. The van der Waals surface area contributed by atoms with E-state index in [9.17, 15) is 0 Å². The van der Waals surface area contributed by atoms with Crippen LogP contribution in [0.15, 0.2) is 24.3 Å². The van der Waals surface area contributed by atoms with E-state index in [0.29, 0.717) is 6.61 Å². The number of nitrogens with one attached hydrogen (secondary N) is 1. The molecule has 1 aromatic rings. The average Bonchev–Trinajstić information content (AvgIpc) is 2.39. The lowest BCUT2D eigenvalue weighted by molar-refractivity contribution is -0.141. The molecule has 2 heterocycles. The van der Waals surface area contributed by atoms with Crippen molar-refractivity contribution in [2.75, 3.05) is 13.2 Å². The van der Waals surface area contributed by atoms with Gasteiger partial charge in [-0.1, -0.05) is 25.1 Å². The van der Waals surface area contributed by atoms with Gasteiger partial charge in [0.15, 0.2) is 0 Å². The smallest absolute Gasteiger partial charge is 0.125 e. The van der Waals surface area contributed by atoms with Crippen LogP contribution in [0.3, 0.4) is 0 Å². The molecule has 3 rings (SSSR count). The Bertz CT molecular complexity index is 420. The summed E-state index contributed by atoms with van der Waals surface area (Å²) in [5, 5.41) is 3.55. The zero-order valence-corrected chi connectivity index (χ0v) is 10.4. The lowest BCUT2D eigenvalue weighted by Gasteiger charge is -2.45. The van der Waals surface area contributed by atoms with Crippen LogP contribution in [0.1, 0.15) is 31.9 Å². The molecular formula is C14H19NO2. The number of morpholine rings is 1. The number of rotatable bonds is 1. The minimum Gasteiger partial charge on any atom is -0.491 e. The maximum absolute atomic E-state index is 6.31. The van der Waals surface area contributed by atoms with Gasteiger partial charge in [0, 0.05) is 12.1 Å². The van der Waals surface area contributed by atoms with Crippen molar-refractivity contribution in [2.45, 2.75) is 38.0 Å². The van der Waals surface area contributed by atoms with Gasteiger partial charge in [-0.2, -0.15) is 0 Å². The summed E-state index contributed by atoms with van der Waals surface area (Å²) in [6.45, 7) is 5.94. The van der Waals surface area contributed by atoms with Crippen LogP contribution in [0.2, 0.25) is 0 Å². The number of hydrogen-bond donors (Lipinski definition) is 1. The van der Waals surface area contributed by atoms with Gasteiger partial charge in [0.25, 0.3) is 0 Å². The lowest BCUT2D eigenvalue weighted by atomic mass is 9.92. The van der Waals surface area contributed by atoms with Gasteiger partial charge in [-0.05, 0) is 19.4 Å². The molecular weight excluding hydrogens is 214 g/mol. The summed E-state index contributed by atoms with van der Waals surface area (Å²) in [4.78, 5) is 0. The third-order valence-electron chi connectivity index (χ3n) is 3.91. The molecule has 1 aromatic carbocycles. The summed E-state index contributed by atoms with van der Waals surface area (Å²) < 4.78 is 12.1. The van der Waals surface area contributed by atoms with E-state index in [4.69, 9.17) is 9.47 Å². The summed E-state index contributed by atoms with van der Waals surface area (Å²) in [5.74, 6) is 0.968. The molecule has 3 nitrogen and oxygen atoms in total. The number of benzene rings is 1. The standard InChI is InChI=1S/C14H19NO2/c1-3-14(2)9-15-11-8-16-12-7-5-4-6-10(12)13(11)17-14/h4-7,11,13,15H,3,8-9H2,1-2H3. The van der Waals surface area contributed by atoms with Crippen molar-refractivity contribution in [3.05, 3.63) is 29.8 Å². The maximum atomic E-state index is 6.31. The Morgan fingerprint density at radius 3 is 3.06 bits per heavy atom. The summed E-state index contributed by atoms with van der Waals surface area (Å²) in [5.41, 5.74) is 1.11. The molecule has 2 aliphatic rings. The maximum Gasteiger partial charge on any atom is 0.125 e. The van der Waals surface area contributed by atoms with Gasteiger partial charge in [0.2, 0.25) is 0 Å². The van der Waals surface area contributed by atoms with E-state index in [1.165, 1.54) is 5.56 Å². The SMILES string of the molecule is CCC1(C)CNC2COc3ccccc3C2O1. The van der Waals surface area contributed by atoms with E-state index >= 15 is 0 Å². The van der Waals surface area contributed by atoms with E-state index in [2.05, 4.69) is 25.2 Å². The fourth-order valence-electron chi connectivity index (χ4n) is 2.55. The Hall–Kier alpha value is -1.06. The molecule has 0 radical (unpaired) electrons. The first-order valence-corrected chi connectivity index (χ1v) is 6.35. The Balaban J connectivity index is 1.94. The second-order valence-corrected chi connectivity index (χ2v) is 5.18. The summed E-state index contributed by atoms with van der Waals surface area (Å²) in [6, 6.07) is 8.46. The van der Waals surface area contributed by atoms with Gasteiger partial charge in [-0.25, -0.2) is 0 Å². The van der Waals surface area contributed by atoms with E-state index < -0.39 is 0 Å². The molecule has 92 valence electrons. The molecule has 0 spiro atoms. The van der Waals surface area contributed by atoms with Gasteiger partial charge in [-0.3, -0.25) is 0 Å². The largest absolute Gasteiger partial charge is 0.491 e. The molecule has 3 unspecified atom stereocenters. The van der Waals surface area contributed by atoms with Crippen molar-refractivity contribution in [1.29, 1.82) is 0 Å². The monoisotopic (exact) mass is 233 g/mol. The van der Waals surface area contributed by atoms with Crippen LogP contribution in [-0.4, -0.2) is 24.8 Å². The number of ether oxygens (including phenoxy) is 2. The second kappa shape index (κ2) is 4.00. The Morgan fingerprint density at radius 2 is 2.24 bits per heavy atom. The highest BCUT2D eigenvalue weighted by molar-refractivity contribution is 5.38. The first-order valence-electron chi connectivity index (χ1n) is 6.35. The quantitative estimate of drug-likeness (QED) is 0.807. The predicted molar refractivity (Wildman–Crippen MR) is 66.2 cm³/mol. The van der Waals surface area contributed by atoms with Crippen molar-refractivity contribution in [3.63, 3.8) is 0 Å². The van der Waals surface area contributed by atoms with E-state index in [0.717, 1.165) is 18.7 Å². The molecule has 2 aliphatic heterocycles. The van der Waals surface area contributed by atoms with Gasteiger partial charge < -0.3 is 14.8 Å². The van der Waals surface area contributed by atoms with Crippen LogP contribution >= 0.6 is 0 Å². The fourth-order valence-corrected chi connectivity index (χ4v) is 2.55. The number of para-hydroxylation sites is 1. The zero-order chi connectivity index (χ0) is 11.9. The molecule has 0 aliphatic carbocycles. The van der Waals surface area contributed by atoms with Crippen molar-refractivity contribution in [3.8, 4) is 5.75 Å². The molecule has 3 heteroatoms. The molecule has 1 saturated heterocycles. The molecule has 3 atom stereocenters. The molecule has 0 amide bonds. The normalized spacial score (nSPS) is 35.6. The molecule has 0 bridgehead atoms. The zero-order valence-electron chi connectivity index (χ0n) is 10.4. The van der Waals surface area contributed by atoms with E-state index in [-0.39, 0.29) is 17.7 Å². The Kier molecular flexibility index (Phi) is 2.60. The first kappa shape index (κ1) is 11.1. The highest BCUT2D eigenvalue weighted by Gasteiger charge is 2.41. The highest BCUT2D eigenvalue weighted by Crippen LogP contribution is 2.39. The van der Waals surface area contributed by atoms with Crippen LogP contribution < -0.4 is 10.1 Å². The van der Waals surface area contributed by atoms with Crippen LogP contribution in [0, 0.1) is 0 Å². The highest BCUT2D eigenvalue weighted by atomic mass is 16.5. The Labute approximate surface area is 102 Å². The van der Waals surface area contributed by atoms with E-state index in [1.54, 1.807) is 0 Å². The fraction of sp³-hybridized carbons (Fsp3) is 0.571. The van der Waals surface area contributed by atoms with Crippen LogP contribution in [0.4, 0.5) is 0 Å². The lowest BCUT2D eigenvalue weighted by Crippen LogP contribution is -2.57. The number of hydrogen-bond acceptors (Lipinski definition) is 3. The topological polar surface area (TPSA) is 30.5 Å². The van der Waals surface area contributed by atoms with Crippen molar-refractivity contribution >= 4 is 0 Å². The van der Waals surface area contributed by atoms with Gasteiger partial charge in [0.1, 0.15) is 18.5 Å². The van der Waals surface area contributed by atoms with Crippen molar-refractivity contribution in [2.24, 2.45) is 0 Å². The Morgan fingerprint density at radius 1 is 1.41 bits per heavy atom.